The van der Waals surface area contributed by atoms with Gasteiger partial charge in [0.25, 0.3) is 0 Å². The average molecular weight is 392 g/mol. The Kier molecular flexibility index (Phi) is 7.85. The van der Waals surface area contributed by atoms with Crippen molar-refractivity contribution < 1.29 is 9.47 Å². The monoisotopic (exact) mass is 391 g/mol. The topological polar surface area (TPSA) is 54.9 Å². The quantitative estimate of drug-likeness (QED) is 0.552. The standard InChI is InChI=1S/C21H33N3O2S/c1-21(10-3-13-27-21)16-24-20(22-2)23-14-17-4-6-18(7-5-17)15-26-19-8-11-25-12-9-19/h4-7,19H,3,8-16H2,1-2H3,(H2,22,23,24). The molecule has 2 saturated heterocycles. The van der Waals surface area contributed by atoms with Crippen LogP contribution in [0.15, 0.2) is 29.3 Å². The number of rotatable bonds is 7. The van der Waals surface area contributed by atoms with Crippen molar-refractivity contribution in [3.63, 3.8) is 0 Å². The number of guanidine groups is 1. The highest BCUT2D eigenvalue weighted by Crippen LogP contribution is 2.36. The summed E-state index contributed by atoms with van der Waals surface area (Å²) >= 11 is 2.06. The van der Waals surface area contributed by atoms with Gasteiger partial charge in [-0.15, -0.1) is 0 Å². The second-order valence-electron chi connectivity index (χ2n) is 7.62. The molecule has 2 aliphatic heterocycles. The zero-order valence-corrected chi connectivity index (χ0v) is 17.4. The Morgan fingerprint density at radius 3 is 2.63 bits per heavy atom. The largest absolute Gasteiger partial charge is 0.381 e. The zero-order valence-electron chi connectivity index (χ0n) is 16.6. The first-order valence-corrected chi connectivity index (χ1v) is 11.0. The van der Waals surface area contributed by atoms with Crippen LogP contribution in [0.2, 0.25) is 0 Å². The Balaban J connectivity index is 1.39. The minimum absolute atomic E-state index is 0.337. The molecule has 0 aromatic heterocycles. The van der Waals surface area contributed by atoms with E-state index in [1.54, 1.807) is 0 Å². The normalized spacial score (nSPS) is 24.1. The molecule has 0 radical (unpaired) electrons. The lowest BCUT2D eigenvalue weighted by atomic mass is 10.1. The van der Waals surface area contributed by atoms with Crippen LogP contribution < -0.4 is 10.6 Å². The van der Waals surface area contributed by atoms with Crippen molar-refractivity contribution in [1.82, 2.24) is 10.6 Å². The maximum absolute atomic E-state index is 5.99. The van der Waals surface area contributed by atoms with E-state index in [9.17, 15) is 0 Å². The molecule has 2 heterocycles. The van der Waals surface area contributed by atoms with E-state index in [1.165, 1.54) is 29.7 Å². The molecule has 27 heavy (non-hydrogen) atoms. The van der Waals surface area contributed by atoms with E-state index in [1.807, 2.05) is 7.05 Å². The maximum atomic E-state index is 5.99. The third kappa shape index (κ3) is 6.70. The summed E-state index contributed by atoms with van der Waals surface area (Å²) in [6, 6.07) is 8.64. The second kappa shape index (κ2) is 10.3. The molecule has 0 amide bonds. The SMILES string of the molecule is CN=C(NCc1ccc(COC2CCOCC2)cc1)NCC1(C)CCCS1. The molecule has 6 heteroatoms. The third-order valence-corrected chi connectivity index (χ3v) is 6.83. The van der Waals surface area contributed by atoms with Gasteiger partial charge in [-0.25, -0.2) is 0 Å². The molecule has 1 atom stereocenters. The number of hydrogen-bond donors (Lipinski definition) is 2. The minimum Gasteiger partial charge on any atom is -0.381 e. The number of thioether (sulfide) groups is 1. The summed E-state index contributed by atoms with van der Waals surface area (Å²) < 4.78 is 11.7. The van der Waals surface area contributed by atoms with Crippen molar-refractivity contribution in [3.8, 4) is 0 Å². The number of benzene rings is 1. The van der Waals surface area contributed by atoms with E-state index in [-0.39, 0.29) is 0 Å². The number of nitrogens with one attached hydrogen (secondary N) is 2. The van der Waals surface area contributed by atoms with Gasteiger partial charge in [0.2, 0.25) is 0 Å². The van der Waals surface area contributed by atoms with Gasteiger partial charge in [-0.1, -0.05) is 24.3 Å². The zero-order chi connectivity index (χ0) is 19.0. The summed E-state index contributed by atoms with van der Waals surface area (Å²) in [5.41, 5.74) is 2.47. The molecule has 2 N–H and O–H groups in total. The summed E-state index contributed by atoms with van der Waals surface area (Å²) in [6.45, 7) is 6.39. The molecule has 1 aromatic rings. The van der Waals surface area contributed by atoms with E-state index < -0.39 is 0 Å². The smallest absolute Gasteiger partial charge is 0.191 e. The molecule has 2 aliphatic rings. The lowest BCUT2D eigenvalue weighted by molar-refractivity contribution is -0.0390. The van der Waals surface area contributed by atoms with Crippen molar-refractivity contribution in [3.05, 3.63) is 35.4 Å². The van der Waals surface area contributed by atoms with Crippen molar-refractivity contribution >= 4 is 17.7 Å². The van der Waals surface area contributed by atoms with Crippen molar-refractivity contribution in [1.29, 1.82) is 0 Å². The lowest BCUT2D eigenvalue weighted by Gasteiger charge is -2.24. The van der Waals surface area contributed by atoms with Gasteiger partial charge in [0.15, 0.2) is 5.96 Å². The molecule has 1 aromatic carbocycles. The van der Waals surface area contributed by atoms with Gasteiger partial charge in [-0.05, 0) is 49.5 Å². The van der Waals surface area contributed by atoms with E-state index in [2.05, 4.69) is 58.6 Å². The minimum atomic E-state index is 0.337. The molecular formula is C21H33N3O2S. The van der Waals surface area contributed by atoms with Gasteiger partial charge in [0, 0.05) is 38.1 Å². The summed E-state index contributed by atoms with van der Waals surface area (Å²) in [6.07, 6.45) is 4.95. The van der Waals surface area contributed by atoms with Gasteiger partial charge < -0.3 is 20.1 Å². The molecule has 2 fully saturated rings. The first-order chi connectivity index (χ1) is 13.2. The van der Waals surface area contributed by atoms with Gasteiger partial charge in [0.1, 0.15) is 0 Å². The Labute approximate surface area is 167 Å². The van der Waals surface area contributed by atoms with Gasteiger partial charge in [0.05, 0.1) is 12.7 Å². The molecular weight excluding hydrogens is 358 g/mol. The number of ether oxygens (including phenoxy) is 2. The second-order valence-corrected chi connectivity index (χ2v) is 9.30. The Hall–Kier alpha value is -1.24. The Morgan fingerprint density at radius 2 is 1.96 bits per heavy atom. The number of hydrogen-bond acceptors (Lipinski definition) is 4. The molecule has 3 rings (SSSR count). The fourth-order valence-electron chi connectivity index (χ4n) is 3.46. The van der Waals surface area contributed by atoms with Crippen molar-refractivity contribution in [2.45, 2.75) is 56.6 Å². The van der Waals surface area contributed by atoms with Crippen LogP contribution in [0.25, 0.3) is 0 Å². The van der Waals surface area contributed by atoms with Crippen LogP contribution in [0.5, 0.6) is 0 Å². The molecule has 0 bridgehead atoms. The highest BCUT2D eigenvalue weighted by molar-refractivity contribution is 8.00. The van der Waals surface area contributed by atoms with Crippen LogP contribution in [-0.4, -0.2) is 49.4 Å². The van der Waals surface area contributed by atoms with Crippen LogP contribution in [0.3, 0.4) is 0 Å². The van der Waals surface area contributed by atoms with E-state index in [4.69, 9.17) is 9.47 Å². The maximum Gasteiger partial charge on any atom is 0.191 e. The molecule has 150 valence electrons. The van der Waals surface area contributed by atoms with Crippen molar-refractivity contribution in [2.24, 2.45) is 4.99 Å². The fraction of sp³-hybridized carbons (Fsp3) is 0.667. The van der Waals surface area contributed by atoms with Gasteiger partial charge in [-0.3, -0.25) is 4.99 Å². The van der Waals surface area contributed by atoms with Crippen LogP contribution in [0.1, 0.15) is 43.7 Å². The molecule has 0 spiro atoms. The molecule has 5 nitrogen and oxygen atoms in total. The van der Waals surface area contributed by atoms with E-state index >= 15 is 0 Å². The lowest BCUT2D eigenvalue weighted by Crippen LogP contribution is -2.43. The van der Waals surface area contributed by atoms with Gasteiger partial charge in [-0.2, -0.15) is 11.8 Å². The predicted molar refractivity (Wildman–Crippen MR) is 113 cm³/mol. The fourth-order valence-corrected chi connectivity index (χ4v) is 4.71. The van der Waals surface area contributed by atoms with Crippen LogP contribution >= 0.6 is 11.8 Å². The van der Waals surface area contributed by atoms with E-state index in [0.29, 0.717) is 17.5 Å². The Morgan fingerprint density at radius 1 is 1.22 bits per heavy atom. The third-order valence-electron chi connectivity index (χ3n) is 5.29. The summed E-state index contributed by atoms with van der Waals surface area (Å²) in [5.74, 6) is 2.14. The van der Waals surface area contributed by atoms with Crippen LogP contribution in [0.4, 0.5) is 0 Å². The number of aliphatic imine (C=N–C) groups is 1. The molecule has 1 unspecified atom stereocenters. The highest BCUT2D eigenvalue weighted by Gasteiger charge is 2.29. The average Bonchev–Trinajstić information content (AvgIpc) is 3.15. The van der Waals surface area contributed by atoms with Crippen LogP contribution in [-0.2, 0) is 22.6 Å². The molecule has 0 saturated carbocycles. The van der Waals surface area contributed by atoms with E-state index in [0.717, 1.165) is 45.1 Å². The number of nitrogens with zero attached hydrogens (tertiary/aromatic N) is 1. The van der Waals surface area contributed by atoms with Gasteiger partial charge >= 0.3 is 0 Å². The summed E-state index contributed by atoms with van der Waals surface area (Å²) in [7, 11) is 1.83. The summed E-state index contributed by atoms with van der Waals surface area (Å²) in [5, 5.41) is 6.89. The van der Waals surface area contributed by atoms with Crippen LogP contribution in [0, 0.1) is 0 Å². The first-order valence-electron chi connectivity index (χ1n) is 10.0. The summed E-state index contributed by atoms with van der Waals surface area (Å²) in [4.78, 5) is 4.35. The molecule has 0 aliphatic carbocycles. The van der Waals surface area contributed by atoms with Crippen molar-refractivity contribution in [2.75, 3.05) is 32.6 Å². The predicted octanol–water partition coefficient (Wildman–Crippen LogP) is 3.33. The first kappa shape index (κ1) is 20.5. The highest BCUT2D eigenvalue weighted by atomic mass is 32.2. The Bertz CT molecular complexity index is 594.